The number of hydrogen-bond donors (Lipinski definition) is 0. The van der Waals surface area contributed by atoms with Gasteiger partial charge in [-0.05, 0) is 48.5 Å². The van der Waals surface area contributed by atoms with Crippen LogP contribution < -0.4 is 14.8 Å². The highest BCUT2D eigenvalue weighted by atomic mass is 28.4. The second kappa shape index (κ2) is 7.18. The van der Waals surface area contributed by atoms with Gasteiger partial charge in [-0.25, -0.2) is 4.79 Å². The van der Waals surface area contributed by atoms with E-state index >= 15 is 0 Å². The molecule has 0 saturated carbocycles. The van der Waals surface area contributed by atoms with E-state index in [0.717, 1.165) is 29.7 Å². The largest absolute Gasteiger partial charge is 0.543 e. The second-order valence-electron chi connectivity index (χ2n) is 9.33. The highest BCUT2D eigenvalue weighted by molar-refractivity contribution is 6.74. The van der Waals surface area contributed by atoms with Gasteiger partial charge in [-0.3, -0.25) is 0 Å². The van der Waals surface area contributed by atoms with Crippen molar-refractivity contribution in [2.75, 3.05) is 19.8 Å². The third-order valence-electron chi connectivity index (χ3n) is 6.03. The molecule has 2 aromatic carbocycles. The predicted octanol–water partition coefficient (Wildman–Crippen LogP) is 5.36. The molecule has 5 nitrogen and oxygen atoms in total. The average Bonchev–Trinajstić information content (AvgIpc) is 2.59. The van der Waals surface area contributed by atoms with Crippen molar-refractivity contribution >= 4 is 30.1 Å². The van der Waals surface area contributed by atoms with Gasteiger partial charge in [0.05, 0.1) is 25.2 Å². The van der Waals surface area contributed by atoms with Crippen LogP contribution in [0.1, 0.15) is 20.8 Å². The van der Waals surface area contributed by atoms with Gasteiger partial charge in [0.25, 0.3) is 0 Å². The third kappa shape index (κ3) is 3.91. The summed E-state index contributed by atoms with van der Waals surface area (Å²) in [6, 6.07) is 11.4. The monoisotopic (exact) mass is 412 g/mol. The van der Waals surface area contributed by atoms with Crippen molar-refractivity contribution in [3.05, 3.63) is 46.8 Å². The Bertz CT molecular complexity index is 1110. The molecule has 3 aromatic rings. The van der Waals surface area contributed by atoms with E-state index in [1.54, 1.807) is 6.07 Å². The summed E-state index contributed by atoms with van der Waals surface area (Å²) in [5.41, 5.74) is 0.174. The Morgan fingerprint density at radius 1 is 1.00 bits per heavy atom. The first-order valence-corrected chi connectivity index (χ1v) is 12.9. The standard InChI is InChI=1S/C23H28O5Si/c1-23(2,3)29(4,5)28-17-7-9-19-18-8-6-16(26-14-15-12-25-13-15)10-20(18)22(24)27-21(19)11-17/h6-11,15H,12-14H2,1-5H3. The Balaban J connectivity index is 1.67. The van der Waals surface area contributed by atoms with Crippen LogP contribution >= 0.6 is 0 Å². The number of hydrogen-bond acceptors (Lipinski definition) is 5. The molecule has 0 atom stereocenters. The van der Waals surface area contributed by atoms with Crippen molar-refractivity contribution in [3.63, 3.8) is 0 Å². The fourth-order valence-electron chi connectivity index (χ4n) is 3.09. The molecule has 0 bridgehead atoms. The summed E-state index contributed by atoms with van der Waals surface area (Å²) >= 11 is 0. The quantitative estimate of drug-likeness (QED) is 0.321. The summed E-state index contributed by atoms with van der Waals surface area (Å²) in [5, 5.41) is 2.36. The summed E-state index contributed by atoms with van der Waals surface area (Å²) in [5.74, 6) is 1.85. The van der Waals surface area contributed by atoms with E-state index in [9.17, 15) is 4.79 Å². The van der Waals surface area contributed by atoms with Crippen molar-refractivity contribution in [3.8, 4) is 11.5 Å². The molecular weight excluding hydrogens is 384 g/mol. The molecule has 0 radical (unpaired) electrons. The molecular formula is C23H28O5Si. The zero-order chi connectivity index (χ0) is 20.8. The maximum atomic E-state index is 12.6. The van der Waals surface area contributed by atoms with Crippen molar-refractivity contribution in [2.45, 2.75) is 38.9 Å². The van der Waals surface area contributed by atoms with Crippen molar-refractivity contribution in [1.82, 2.24) is 0 Å². The Labute approximate surface area is 171 Å². The summed E-state index contributed by atoms with van der Waals surface area (Å²) < 4.78 is 23.0. The topological polar surface area (TPSA) is 57.9 Å². The molecule has 1 saturated heterocycles. The van der Waals surface area contributed by atoms with Crippen LogP contribution in [-0.2, 0) is 4.74 Å². The molecule has 0 spiro atoms. The molecule has 1 fully saturated rings. The van der Waals surface area contributed by atoms with Crippen LogP contribution in [0.4, 0.5) is 0 Å². The normalized spacial score (nSPS) is 15.5. The highest BCUT2D eigenvalue weighted by Crippen LogP contribution is 2.38. The average molecular weight is 413 g/mol. The first kappa shape index (κ1) is 20.0. The van der Waals surface area contributed by atoms with Gasteiger partial charge < -0.3 is 18.3 Å². The van der Waals surface area contributed by atoms with E-state index in [1.165, 1.54) is 0 Å². The van der Waals surface area contributed by atoms with E-state index in [1.807, 2.05) is 30.3 Å². The molecule has 0 aliphatic carbocycles. The lowest BCUT2D eigenvalue weighted by atomic mass is 10.1. The van der Waals surface area contributed by atoms with Crippen LogP contribution in [0.25, 0.3) is 21.7 Å². The van der Waals surface area contributed by atoms with E-state index in [0.29, 0.717) is 29.2 Å². The van der Waals surface area contributed by atoms with E-state index < -0.39 is 8.32 Å². The number of rotatable bonds is 5. The van der Waals surface area contributed by atoms with Gasteiger partial charge in [0.15, 0.2) is 0 Å². The van der Waals surface area contributed by atoms with Gasteiger partial charge >= 0.3 is 5.63 Å². The Kier molecular flexibility index (Phi) is 4.95. The number of benzene rings is 2. The van der Waals surface area contributed by atoms with Crippen LogP contribution in [0.15, 0.2) is 45.6 Å². The van der Waals surface area contributed by atoms with E-state index in [2.05, 4.69) is 33.9 Å². The molecule has 6 heteroatoms. The van der Waals surface area contributed by atoms with Crippen LogP contribution in [0.3, 0.4) is 0 Å². The Morgan fingerprint density at radius 2 is 1.69 bits per heavy atom. The molecule has 4 rings (SSSR count). The molecule has 0 amide bonds. The second-order valence-corrected chi connectivity index (χ2v) is 14.1. The predicted molar refractivity (Wildman–Crippen MR) is 118 cm³/mol. The van der Waals surface area contributed by atoms with Gasteiger partial charge in [0, 0.05) is 22.8 Å². The minimum atomic E-state index is -1.97. The molecule has 1 aliphatic heterocycles. The van der Waals surface area contributed by atoms with Gasteiger partial charge in [0.1, 0.15) is 17.1 Å². The van der Waals surface area contributed by atoms with Crippen molar-refractivity contribution in [1.29, 1.82) is 0 Å². The minimum absolute atomic E-state index is 0.0915. The van der Waals surface area contributed by atoms with Crippen molar-refractivity contribution in [2.24, 2.45) is 5.92 Å². The zero-order valence-corrected chi connectivity index (χ0v) is 18.7. The Morgan fingerprint density at radius 3 is 2.34 bits per heavy atom. The molecule has 154 valence electrons. The van der Waals surface area contributed by atoms with Crippen molar-refractivity contribution < 1.29 is 18.3 Å². The minimum Gasteiger partial charge on any atom is -0.543 e. The lowest BCUT2D eigenvalue weighted by molar-refractivity contribution is -0.0508. The maximum absolute atomic E-state index is 12.6. The Hall–Kier alpha value is -2.31. The van der Waals surface area contributed by atoms with Crippen LogP contribution in [0.5, 0.6) is 11.5 Å². The van der Waals surface area contributed by atoms with Gasteiger partial charge in [-0.2, -0.15) is 0 Å². The number of fused-ring (bicyclic) bond motifs is 3. The van der Waals surface area contributed by atoms with E-state index in [4.69, 9.17) is 18.3 Å². The van der Waals surface area contributed by atoms with Crippen LogP contribution in [-0.4, -0.2) is 28.1 Å². The summed E-state index contributed by atoms with van der Waals surface area (Å²) in [6.45, 7) is 13.1. The van der Waals surface area contributed by atoms with Gasteiger partial charge in [0.2, 0.25) is 8.32 Å². The maximum Gasteiger partial charge on any atom is 0.344 e. The fourth-order valence-corrected chi connectivity index (χ4v) is 4.11. The molecule has 29 heavy (non-hydrogen) atoms. The third-order valence-corrected chi connectivity index (χ3v) is 10.4. The zero-order valence-electron chi connectivity index (χ0n) is 17.7. The molecule has 1 aromatic heterocycles. The molecule has 2 heterocycles. The van der Waals surface area contributed by atoms with Gasteiger partial charge in [-0.1, -0.05) is 20.8 Å². The molecule has 1 aliphatic rings. The summed E-state index contributed by atoms with van der Waals surface area (Å²) in [7, 11) is -1.97. The highest BCUT2D eigenvalue weighted by Gasteiger charge is 2.39. The smallest absolute Gasteiger partial charge is 0.344 e. The first-order valence-electron chi connectivity index (χ1n) is 10.0. The molecule has 0 unspecified atom stereocenters. The summed E-state index contributed by atoms with van der Waals surface area (Å²) in [6.07, 6.45) is 0. The SMILES string of the molecule is CC(C)(C)[Si](C)(C)Oc1ccc2c(c1)oc(=O)c1cc(OCC3COC3)ccc12. The van der Waals surface area contributed by atoms with Gasteiger partial charge in [-0.15, -0.1) is 0 Å². The summed E-state index contributed by atoms with van der Waals surface area (Å²) in [4.78, 5) is 12.6. The van der Waals surface area contributed by atoms with E-state index in [-0.39, 0.29) is 10.7 Å². The fraction of sp³-hybridized carbons (Fsp3) is 0.435. The lowest BCUT2D eigenvalue weighted by Crippen LogP contribution is -2.43. The molecule has 0 N–H and O–H groups in total. The number of ether oxygens (including phenoxy) is 2. The first-order chi connectivity index (χ1) is 13.6. The van der Waals surface area contributed by atoms with Crippen LogP contribution in [0.2, 0.25) is 18.1 Å². The van der Waals surface area contributed by atoms with Crippen LogP contribution in [0, 0.1) is 5.92 Å². The lowest BCUT2D eigenvalue weighted by Gasteiger charge is -2.36.